The molecule has 16 heavy (non-hydrogen) atoms. The van der Waals surface area contributed by atoms with Gasteiger partial charge in [0.2, 0.25) is 0 Å². The smallest absolute Gasteiger partial charge is 0.0615 e. The van der Waals surface area contributed by atoms with Crippen molar-refractivity contribution in [2.75, 3.05) is 40.5 Å². The molecule has 2 N–H and O–H groups in total. The first-order valence-corrected chi connectivity index (χ1v) is 6.18. The summed E-state index contributed by atoms with van der Waals surface area (Å²) in [7, 11) is 3.51. The Morgan fingerprint density at radius 3 is 2.50 bits per heavy atom. The van der Waals surface area contributed by atoms with Crippen molar-refractivity contribution < 1.29 is 9.47 Å². The number of nitrogens with two attached hydrogens (primary N) is 1. The van der Waals surface area contributed by atoms with E-state index in [1.165, 1.54) is 12.8 Å². The molecule has 1 aliphatic carbocycles. The minimum atomic E-state index is 0.444. The van der Waals surface area contributed by atoms with Crippen molar-refractivity contribution in [2.24, 2.45) is 11.7 Å². The van der Waals surface area contributed by atoms with Gasteiger partial charge in [0.05, 0.1) is 13.2 Å². The lowest BCUT2D eigenvalue weighted by molar-refractivity contribution is -0.00713. The topological polar surface area (TPSA) is 47.7 Å². The molecule has 1 aliphatic rings. The summed E-state index contributed by atoms with van der Waals surface area (Å²) in [6, 6.07) is 1.07. The number of ether oxygens (including phenoxy) is 2. The summed E-state index contributed by atoms with van der Waals surface area (Å²) in [5, 5.41) is 0. The number of nitrogens with zero attached hydrogens (tertiary/aromatic N) is 1. The number of rotatable bonds is 8. The Kier molecular flexibility index (Phi) is 6.28. The minimum Gasteiger partial charge on any atom is -0.383 e. The average Bonchev–Trinajstić information content (AvgIpc) is 2.23. The van der Waals surface area contributed by atoms with E-state index in [9.17, 15) is 0 Å². The van der Waals surface area contributed by atoms with Crippen LogP contribution in [0.5, 0.6) is 0 Å². The fraction of sp³-hybridized carbons (Fsp3) is 1.00. The van der Waals surface area contributed by atoms with Gasteiger partial charge < -0.3 is 15.2 Å². The highest BCUT2D eigenvalue weighted by molar-refractivity contribution is 4.91. The standard InChI is InChI=1S/C12H26N2O2/c1-10(9-16-3)14(6-7-15-2)12-5-4-11(12)8-13/h10-12H,4-9,13H2,1-3H3. The summed E-state index contributed by atoms with van der Waals surface area (Å²) < 4.78 is 10.4. The van der Waals surface area contributed by atoms with Crippen LogP contribution in [0.3, 0.4) is 0 Å². The molecule has 0 radical (unpaired) electrons. The van der Waals surface area contributed by atoms with Gasteiger partial charge in [0.1, 0.15) is 0 Å². The lowest BCUT2D eigenvalue weighted by Crippen LogP contribution is -2.55. The maximum atomic E-state index is 5.78. The van der Waals surface area contributed by atoms with Gasteiger partial charge in [-0.05, 0) is 32.2 Å². The first kappa shape index (κ1) is 13.9. The maximum Gasteiger partial charge on any atom is 0.0615 e. The molecule has 0 aromatic carbocycles. The minimum absolute atomic E-state index is 0.444. The van der Waals surface area contributed by atoms with Crippen LogP contribution in [0.15, 0.2) is 0 Å². The molecule has 0 heterocycles. The van der Waals surface area contributed by atoms with Gasteiger partial charge in [-0.25, -0.2) is 0 Å². The van der Waals surface area contributed by atoms with E-state index in [0.717, 1.165) is 26.3 Å². The second-order valence-electron chi connectivity index (χ2n) is 4.68. The molecular formula is C12H26N2O2. The molecule has 3 unspecified atom stereocenters. The van der Waals surface area contributed by atoms with E-state index in [1.807, 2.05) is 0 Å². The zero-order valence-electron chi connectivity index (χ0n) is 10.8. The summed E-state index contributed by atoms with van der Waals surface area (Å²) >= 11 is 0. The number of hydrogen-bond donors (Lipinski definition) is 1. The van der Waals surface area contributed by atoms with Crippen molar-refractivity contribution in [1.29, 1.82) is 0 Å². The Hall–Kier alpha value is -0.160. The zero-order chi connectivity index (χ0) is 12.0. The van der Waals surface area contributed by atoms with Crippen LogP contribution < -0.4 is 5.73 Å². The fourth-order valence-electron chi connectivity index (χ4n) is 2.51. The van der Waals surface area contributed by atoms with Crippen LogP contribution in [-0.4, -0.2) is 57.5 Å². The van der Waals surface area contributed by atoms with E-state index in [0.29, 0.717) is 18.0 Å². The van der Waals surface area contributed by atoms with Crippen molar-refractivity contribution in [3.63, 3.8) is 0 Å². The van der Waals surface area contributed by atoms with E-state index < -0.39 is 0 Å². The van der Waals surface area contributed by atoms with E-state index in [4.69, 9.17) is 15.2 Å². The maximum absolute atomic E-state index is 5.78. The zero-order valence-corrected chi connectivity index (χ0v) is 10.8. The van der Waals surface area contributed by atoms with Gasteiger partial charge in [-0.2, -0.15) is 0 Å². The molecule has 0 amide bonds. The third-order valence-corrected chi connectivity index (χ3v) is 3.63. The van der Waals surface area contributed by atoms with Crippen LogP contribution >= 0.6 is 0 Å². The molecule has 1 rings (SSSR count). The van der Waals surface area contributed by atoms with E-state index in [-0.39, 0.29) is 0 Å². The summed E-state index contributed by atoms with van der Waals surface area (Å²) in [6.07, 6.45) is 2.53. The highest BCUT2D eigenvalue weighted by Gasteiger charge is 2.36. The Morgan fingerprint density at radius 1 is 1.31 bits per heavy atom. The second-order valence-corrected chi connectivity index (χ2v) is 4.68. The monoisotopic (exact) mass is 230 g/mol. The molecule has 0 bridgehead atoms. The average molecular weight is 230 g/mol. The molecular weight excluding hydrogens is 204 g/mol. The van der Waals surface area contributed by atoms with Gasteiger partial charge in [-0.1, -0.05) is 0 Å². The SMILES string of the molecule is COCCN(C(C)COC)C1CCC1CN. The predicted molar refractivity (Wildman–Crippen MR) is 65.5 cm³/mol. The van der Waals surface area contributed by atoms with Gasteiger partial charge in [0, 0.05) is 32.8 Å². The summed E-state index contributed by atoms with van der Waals surface area (Å²) in [5.74, 6) is 0.663. The molecule has 4 heteroatoms. The largest absolute Gasteiger partial charge is 0.383 e. The fourth-order valence-corrected chi connectivity index (χ4v) is 2.51. The van der Waals surface area contributed by atoms with Crippen molar-refractivity contribution in [3.05, 3.63) is 0 Å². The summed E-state index contributed by atoms with van der Waals surface area (Å²) in [4.78, 5) is 2.49. The summed E-state index contributed by atoms with van der Waals surface area (Å²) in [6.45, 7) is 5.54. The summed E-state index contributed by atoms with van der Waals surface area (Å²) in [5.41, 5.74) is 5.78. The molecule has 0 saturated heterocycles. The van der Waals surface area contributed by atoms with E-state index in [1.54, 1.807) is 14.2 Å². The van der Waals surface area contributed by atoms with Crippen LogP contribution in [0.1, 0.15) is 19.8 Å². The van der Waals surface area contributed by atoms with Crippen molar-refractivity contribution in [1.82, 2.24) is 4.90 Å². The third-order valence-electron chi connectivity index (χ3n) is 3.63. The molecule has 0 aliphatic heterocycles. The molecule has 1 fully saturated rings. The van der Waals surface area contributed by atoms with Crippen LogP contribution in [-0.2, 0) is 9.47 Å². The Morgan fingerprint density at radius 2 is 2.06 bits per heavy atom. The van der Waals surface area contributed by atoms with E-state index >= 15 is 0 Å². The van der Waals surface area contributed by atoms with Gasteiger partial charge >= 0.3 is 0 Å². The van der Waals surface area contributed by atoms with Crippen LogP contribution in [0.4, 0.5) is 0 Å². The highest BCUT2D eigenvalue weighted by atomic mass is 16.5. The van der Waals surface area contributed by atoms with Crippen molar-refractivity contribution >= 4 is 0 Å². The highest BCUT2D eigenvalue weighted by Crippen LogP contribution is 2.32. The molecule has 0 spiro atoms. The lowest BCUT2D eigenvalue weighted by Gasteiger charge is -2.46. The Bertz CT molecular complexity index is 188. The lowest BCUT2D eigenvalue weighted by atomic mass is 9.78. The van der Waals surface area contributed by atoms with Crippen molar-refractivity contribution in [2.45, 2.75) is 31.8 Å². The molecule has 4 nitrogen and oxygen atoms in total. The Labute approximate surface area is 99.1 Å². The van der Waals surface area contributed by atoms with E-state index in [2.05, 4.69) is 11.8 Å². The molecule has 0 aromatic heterocycles. The quantitative estimate of drug-likeness (QED) is 0.667. The van der Waals surface area contributed by atoms with Gasteiger partial charge in [-0.3, -0.25) is 4.90 Å². The van der Waals surface area contributed by atoms with Crippen LogP contribution in [0.2, 0.25) is 0 Å². The third kappa shape index (κ3) is 3.42. The number of hydrogen-bond acceptors (Lipinski definition) is 4. The van der Waals surface area contributed by atoms with Crippen LogP contribution in [0.25, 0.3) is 0 Å². The molecule has 0 aromatic rings. The molecule has 1 saturated carbocycles. The molecule has 3 atom stereocenters. The molecule has 96 valence electrons. The second kappa shape index (κ2) is 7.22. The normalized spacial score (nSPS) is 26.8. The van der Waals surface area contributed by atoms with Gasteiger partial charge in [0.25, 0.3) is 0 Å². The van der Waals surface area contributed by atoms with Gasteiger partial charge in [-0.15, -0.1) is 0 Å². The Balaban J connectivity index is 2.48. The first-order valence-electron chi connectivity index (χ1n) is 6.18. The van der Waals surface area contributed by atoms with Crippen LogP contribution in [0, 0.1) is 5.92 Å². The van der Waals surface area contributed by atoms with Gasteiger partial charge in [0.15, 0.2) is 0 Å². The number of methoxy groups -OCH3 is 2. The van der Waals surface area contributed by atoms with Crippen molar-refractivity contribution in [3.8, 4) is 0 Å². The first-order chi connectivity index (χ1) is 7.74. The predicted octanol–water partition coefficient (Wildman–Crippen LogP) is 0.707.